The van der Waals surface area contributed by atoms with E-state index >= 15 is 0 Å². The number of hydrogen-bond donors (Lipinski definition) is 1. The molecular weight excluding hydrogens is 164 g/mol. The molecule has 0 aromatic rings. The molecule has 0 aliphatic carbocycles. The van der Waals surface area contributed by atoms with Crippen LogP contribution in [0, 0.1) is 5.92 Å². The summed E-state index contributed by atoms with van der Waals surface area (Å²) in [7, 11) is 1.36. The molecule has 64 valence electrons. The van der Waals surface area contributed by atoms with Gasteiger partial charge < -0.3 is 9.84 Å². The number of aliphatic hydroxyl groups excluding tert-OH is 1. The Morgan fingerprint density at radius 3 is 3.00 bits per heavy atom. The van der Waals surface area contributed by atoms with Crippen LogP contribution in [0.3, 0.4) is 0 Å². The number of hydrogen-bond acceptors (Lipinski definition) is 4. The highest BCUT2D eigenvalue weighted by Gasteiger charge is 2.30. The first-order valence-electron chi connectivity index (χ1n) is 3.59. The van der Waals surface area contributed by atoms with Crippen molar-refractivity contribution in [2.45, 2.75) is 12.5 Å². The van der Waals surface area contributed by atoms with Gasteiger partial charge in [-0.25, -0.2) is 0 Å². The van der Waals surface area contributed by atoms with Crippen LogP contribution in [0.1, 0.15) is 6.42 Å². The van der Waals surface area contributed by atoms with Crippen molar-refractivity contribution in [2.75, 3.05) is 18.6 Å². The highest BCUT2D eigenvalue weighted by molar-refractivity contribution is 7.99. The lowest BCUT2D eigenvalue weighted by atomic mass is 10.0. The van der Waals surface area contributed by atoms with E-state index < -0.39 is 6.10 Å². The fourth-order valence-corrected chi connectivity index (χ4v) is 2.29. The fraction of sp³-hybridized carbons (Fsp3) is 0.857. The largest absolute Gasteiger partial charge is 0.469 e. The maximum absolute atomic E-state index is 11.0. The predicted molar refractivity (Wildman–Crippen MR) is 43.5 cm³/mol. The van der Waals surface area contributed by atoms with E-state index in [0.717, 1.165) is 5.75 Å². The number of rotatable bonds is 1. The number of ether oxygens (including phenoxy) is 1. The number of carbonyl (C=O) groups is 1. The van der Waals surface area contributed by atoms with Crippen molar-refractivity contribution in [3.63, 3.8) is 0 Å². The summed E-state index contributed by atoms with van der Waals surface area (Å²) < 4.78 is 4.55. The van der Waals surface area contributed by atoms with Gasteiger partial charge in [-0.3, -0.25) is 4.79 Å². The molecule has 1 N–H and O–H groups in total. The van der Waals surface area contributed by atoms with Crippen molar-refractivity contribution in [3.8, 4) is 0 Å². The molecule has 11 heavy (non-hydrogen) atoms. The molecule has 4 heteroatoms. The Balaban J connectivity index is 2.47. The molecule has 1 aliphatic rings. The Morgan fingerprint density at radius 1 is 1.73 bits per heavy atom. The van der Waals surface area contributed by atoms with Gasteiger partial charge in [0.05, 0.1) is 19.1 Å². The van der Waals surface area contributed by atoms with E-state index in [-0.39, 0.29) is 11.9 Å². The number of carbonyl (C=O) groups excluding carboxylic acids is 1. The average molecular weight is 176 g/mol. The smallest absolute Gasteiger partial charge is 0.312 e. The second kappa shape index (κ2) is 3.97. The Kier molecular flexibility index (Phi) is 3.20. The van der Waals surface area contributed by atoms with Crippen molar-refractivity contribution in [2.24, 2.45) is 5.92 Å². The van der Waals surface area contributed by atoms with Crippen molar-refractivity contribution >= 4 is 17.7 Å². The molecule has 0 aromatic carbocycles. The maximum atomic E-state index is 11.0. The third kappa shape index (κ3) is 2.10. The Labute approximate surface area is 70.1 Å². The lowest BCUT2D eigenvalue weighted by molar-refractivity contribution is -0.148. The summed E-state index contributed by atoms with van der Waals surface area (Å²) in [6.07, 6.45) is 0.202. The third-order valence-electron chi connectivity index (χ3n) is 1.82. The fourth-order valence-electron chi connectivity index (χ4n) is 1.10. The summed E-state index contributed by atoms with van der Waals surface area (Å²) in [5, 5.41) is 9.36. The molecular formula is C7H12O3S. The molecule has 0 spiro atoms. The zero-order valence-electron chi connectivity index (χ0n) is 6.45. The van der Waals surface area contributed by atoms with Crippen LogP contribution in [0.2, 0.25) is 0 Å². The van der Waals surface area contributed by atoms with E-state index in [1.54, 1.807) is 11.8 Å². The second-order valence-corrected chi connectivity index (χ2v) is 3.71. The number of methoxy groups -OCH3 is 1. The quantitative estimate of drug-likeness (QED) is 0.583. The summed E-state index contributed by atoms with van der Waals surface area (Å²) >= 11 is 1.69. The minimum atomic E-state index is -0.497. The second-order valence-electron chi connectivity index (χ2n) is 2.56. The van der Waals surface area contributed by atoms with Crippen LogP contribution in [0.4, 0.5) is 0 Å². The summed E-state index contributed by atoms with van der Waals surface area (Å²) in [6.45, 7) is 0. The minimum Gasteiger partial charge on any atom is -0.469 e. The van der Waals surface area contributed by atoms with Gasteiger partial charge in [-0.05, 0) is 12.2 Å². The van der Waals surface area contributed by atoms with Gasteiger partial charge in [-0.2, -0.15) is 11.8 Å². The van der Waals surface area contributed by atoms with Crippen LogP contribution in [0.15, 0.2) is 0 Å². The van der Waals surface area contributed by atoms with Gasteiger partial charge in [-0.15, -0.1) is 0 Å². The molecule has 0 radical (unpaired) electrons. The molecule has 0 aromatic heterocycles. The third-order valence-corrected chi connectivity index (χ3v) is 2.94. The molecule has 3 nitrogen and oxygen atoms in total. The van der Waals surface area contributed by atoms with Gasteiger partial charge >= 0.3 is 5.97 Å². The predicted octanol–water partition coefficient (Wildman–Crippen LogP) is 0.273. The Bertz CT molecular complexity index is 149. The van der Waals surface area contributed by atoms with Crippen LogP contribution >= 0.6 is 11.8 Å². The molecule has 1 rings (SSSR count). The number of aliphatic hydroxyl groups is 1. The van der Waals surface area contributed by atoms with Crippen LogP contribution in [0.25, 0.3) is 0 Å². The van der Waals surface area contributed by atoms with Gasteiger partial charge in [0.25, 0.3) is 0 Å². The van der Waals surface area contributed by atoms with E-state index in [0.29, 0.717) is 12.2 Å². The van der Waals surface area contributed by atoms with E-state index in [4.69, 9.17) is 0 Å². The van der Waals surface area contributed by atoms with E-state index in [1.165, 1.54) is 7.11 Å². The van der Waals surface area contributed by atoms with Crippen LogP contribution in [-0.2, 0) is 9.53 Å². The topological polar surface area (TPSA) is 46.5 Å². The van der Waals surface area contributed by atoms with Crippen molar-refractivity contribution in [3.05, 3.63) is 0 Å². The first-order chi connectivity index (χ1) is 5.25. The average Bonchev–Trinajstić information content (AvgIpc) is 2.04. The van der Waals surface area contributed by atoms with E-state index in [2.05, 4.69) is 4.74 Å². The minimum absolute atomic E-state index is 0.287. The number of esters is 1. The van der Waals surface area contributed by atoms with Crippen molar-refractivity contribution in [1.82, 2.24) is 0 Å². The molecule has 0 amide bonds. The first kappa shape index (κ1) is 8.87. The molecule has 1 unspecified atom stereocenters. The summed E-state index contributed by atoms with van der Waals surface area (Å²) in [5.74, 6) is 1.03. The standard InChI is InChI=1S/C7H12O3S/c1-10-7(9)5-4-11-3-2-6(5)8/h5-6,8H,2-4H2,1H3/t5-,6?/m0/s1. The maximum Gasteiger partial charge on any atom is 0.312 e. The SMILES string of the molecule is COC(=O)[C@H]1CSCCC1O. The molecule has 0 saturated carbocycles. The monoisotopic (exact) mass is 176 g/mol. The number of thioether (sulfide) groups is 1. The normalized spacial score (nSPS) is 31.5. The zero-order chi connectivity index (χ0) is 8.27. The van der Waals surface area contributed by atoms with Gasteiger partial charge in [0.15, 0.2) is 0 Å². The zero-order valence-corrected chi connectivity index (χ0v) is 7.26. The highest BCUT2D eigenvalue weighted by Crippen LogP contribution is 2.23. The molecule has 1 aliphatic heterocycles. The first-order valence-corrected chi connectivity index (χ1v) is 4.75. The van der Waals surface area contributed by atoms with E-state index in [9.17, 15) is 9.90 Å². The Hall–Kier alpha value is -0.220. The van der Waals surface area contributed by atoms with Gasteiger partial charge in [0.2, 0.25) is 0 Å². The highest BCUT2D eigenvalue weighted by atomic mass is 32.2. The Morgan fingerprint density at radius 2 is 2.45 bits per heavy atom. The van der Waals surface area contributed by atoms with Crippen molar-refractivity contribution in [1.29, 1.82) is 0 Å². The lowest BCUT2D eigenvalue weighted by Gasteiger charge is -2.24. The molecule has 2 atom stereocenters. The molecule has 1 saturated heterocycles. The molecule has 1 heterocycles. The van der Waals surface area contributed by atoms with Gasteiger partial charge in [0.1, 0.15) is 0 Å². The van der Waals surface area contributed by atoms with Gasteiger partial charge in [-0.1, -0.05) is 0 Å². The summed E-state index contributed by atoms with van der Waals surface area (Å²) in [6, 6.07) is 0. The van der Waals surface area contributed by atoms with Crippen LogP contribution in [0.5, 0.6) is 0 Å². The summed E-state index contributed by atoms with van der Waals surface area (Å²) in [5.41, 5.74) is 0. The van der Waals surface area contributed by atoms with Crippen LogP contribution in [-0.4, -0.2) is 35.8 Å². The van der Waals surface area contributed by atoms with Gasteiger partial charge in [0, 0.05) is 5.75 Å². The van der Waals surface area contributed by atoms with Crippen molar-refractivity contribution < 1.29 is 14.6 Å². The van der Waals surface area contributed by atoms with E-state index in [1.807, 2.05) is 0 Å². The lowest BCUT2D eigenvalue weighted by Crippen LogP contribution is -2.34. The molecule has 1 fully saturated rings. The summed E-state index contributed by atoms with van der Waals surface area (Å²) in [4.78, 5) is 11.0. The van der Waals surface area contributed by atoms with Crippen LogP contribution < -0.4 is 0 Å². The molecule has 0 bridgehead atoms.